The lowest BCUT2D eigenvalue weighted by Crippen LogP contribution is -2.13. The third kappa shape index (κ3) is 6.03. The zero-order valence-electron chi connectivity index (χ0n) is 10.9. The zero-order valence-corrected chi connectivity index (χ0v) is 10.9. The van der Waals surface area contributed by atoms with Crippen LogP contribution in [0.1, 0.15) is 12.0 Å². The van der Waals surface area contributed by atoms with Crippen LogP contribution >= 0.6 is 0 Å². The van der Waals surface area contributed by atoms with Crippen molar-refractivity contribution in [2.24, 2.45) is 10.9 Å². The molecule has 0 atom stereocenters. The summed E-state index contributed by atoms with van der Waals surface area (Å²) in [6, 6.07) is 3.25. The Morgan fingerprint density at radius 1 is 1.37 bits per heavy atom. The normalized spacial score (nSPS) is 11.5. The molecule has 0 unspecified atom stereocenters. The van der Waals surface area contributed by atoms with Crippen LogP contribution in [-0.4, -0.2) is 49.6 Å². The van der Waals surface area contributed by atoms with E-state index >= 15 is 0 Å². The van der Waals surface area contributed by atoms with Gasteiger partial charge in [0.1, 0.15) is 0 Å². The topological polar surface area (TPSA) is 99.2 Å². The van der Waals surface area contributed by atoms with Crippen molar-refractivity contribution in [1.29, 1.82) is 0 Å². The highest BCUT2D eigenvalue weighted by atomic mass is 16.5. The van der Waals surface area contributed by atoms with Gasteiger partial charge in [-0.2, -0.15) is 0 Å². The van der Waals surface area contributed by atoms with Gasteiger partial charge in [-0.3, -0.25) is 0 Å². The van der Waals surface area contributed by atoms with Gasteiger partial charge in [0.15, 0.2) is 5.84 Å². The molecule has 19 heavy (non-hydrogen) atoms. The maximum absolute atomic E-state index is 8.57. The summed E-state index contributed by atoms with van der Waals surface area (Å²) in [6.45, 7) is 2.25. The number of rotatable bonds is 9. The molecule has 106 valence electrons. The van der Waals surface area contributed by atoms with Crippen molar-refractivity contribution >= 4 is 5.84 Å². The van der Waals surface area contributed by atoms with E-state index in [2.05, 4.69) is 10.1 Å². The van der Waals surface area contributed by atoms with Gasteiger partial charge in [-0.15, -0.1) is 0 Å². The molecule has 1 heterocycles. The van der Waals surface area contributed by atoms with E-state index < -0.39 is 0 Å². The summed E-state index contributed by atoms with van der Waals surface area (Å²) in [7, 11) is 1.63. The smallest absolute Gasteiger partial charge is 0.213 e. The average molecular weight is 269 g/mol. The minimum atomic E-state index is 0.0233. The molecule has 0 fully saturated rings. The highest BCUT2D eigenvalue weighted by Gasteiger charge is 2.02. The van der Waals surface area contributed by atoms with Crippen molar-refractivity contribution in [2.75, 3.05) is 33.5 Å². The Morgan fingerprint density at radius 3 is 2.95 bits per heavy atom. The van der Waals surface area contributed by atoms with Gasteiger partial charge in [0.05, 0.1) is 19.8 Å². The number of methoxy groups -OCH3 is 1. The van der Waals surface area contributed by atoms with Gasteiger partial charge in [0.25, 0.3) is 0 Å². The number of pyridine rings is 1. The molecule has 0 aliphatic heterocycles. The van der Waals surface area contributed by atoms with E-state index in [1.54, 1.807) is 19.2 Å². The summed E-state index contributed by atoms with van der Waals surface area (Å²) in [5.41, 5.74) is 6.03. The molecule has 1 aromatic heterocycles. The first-order valence-electron chi connectivity index (χ1n) is 5.91. The highest BCUT2D eigenvalue weighted by molar-refractivity contribution is 5.97. The predicted molar refractivity (Wildman–Crippen MR) is 69.6 cm³/mol. The van der Waals surface area contributed by atoms with Crippen LogP contribution < -0.4 is 10.5 Å². The molecule has 0 bridgehead atoms. The monoisotopic (exact) mass is 269 g/mol. The van der Waals surface area contributed by atoms with Crippen LogP contribution in [0.2, 0.25) is 0 Å². The standard InChI is InChI=1S/C12H19N3O4/c1-17-7-8-18-5-2-6-19-11-9-10(3-4-14-11)12(13)15-16/h3-4,9,16H,2,5-8H2,1H3,(H2,13,15). The molecular formula is C12H19N3O4. The van der Waals surface area contributed by atoms with Crippen molar-refractivity contribution in [2.45, 2.75) is 6.42 Å². The summed E-state index contributed by atoms with van der Waals surface area (Å²) in [5.74, 6) is 0.455. The number of hydrogen-bond donors (Lipinski definition) is 2. The van der Waals surface area contributed by atoms with Crippen LogP contribution in [0.5, 0.6) is 5.88 Å². The molecular weight excluding hydrogens is 250 g/mol. The fraction of sp³-hybridized carbons (Fsp3) is 0.500. The Bertz CT molecular complexity index is 398. The molecule has 7 nitrogen and oxygen atoms in total. The number of amidine groups is 1. The molecule has 0 aliphatic rings. The highest BCUT2D eigenvalue weighted by Crippen LogP contribution is 2.09. The second-order valence-corrected chi connectivity index (χ2v) is 3.68. The summed E-state index contributed by atoms with van der Waals surface area (Å²) in [6.07, 6.45) is 2.29. The Kier molecular flexibility index (Phi) is 7.30. The van der Waals surface area contributed by atoms with Gasteiger partial charge in [-0.1, -0.05) is 5.16 Å². The molecule has 0 amide bonds. The number of nitrogens with two attached hydrogens (primary N) is 1. The van der Waals surface area contributed by atoms with E-state index in [1.165, 1.54) is 6.20 Å². The molecule has 1 rings (SSSR count). The summed E-state index contributed by atoms with van der Waals surface area (Å²) in [4.78, 5) is 4.03. The molecule has 0 radical (unpaired) electrons. The van der Waals surface area contributed by atoms with Crippen LogP contribution in [0, 0.1) is 0 Å². The lowest BCUT2D eigenvalue weighted by Gasteiger charge is -2.07. The van der Waals surface area contributed by atoms with E-state index in [0.29, 0.717) is 37.9 Å². The fourth-order valence-electron chi connectivity index (χ4n) is 1.29. The Morgan fingerprint density at radius 2 is 2.21 bits per heavy atom. The SMILES string of the molecule is COCCOCCCOc1cc(/C(N)=N/O)ccn1. The summed E-state index contributed by atoms with van der Waals surface area (Å²) < 4.78 is 15.6. The number of ether oxygens (including phenoxy) is 3. The quantitative estimate of drug-likeness (QED) is 0.224. The van der Waals surface area contributed by atoms with Crippen LogP contribution in [0.3, 0.4) is 0 Å². The molecule has 0 aliphatic carbocycles. The van der Waals surface area contributed by atoms with Gasteiger partial charge in [0.2, 0.25) is 5.88 Å². The minimum Gasteiger partial charge on any atom is -0.478 e. The number of nitrogens with zero attached hydrogens (tertiary/aromatic N) is 2. The molecule has 1 aromatic rings. The molecule has 3 N–H and O–H groups in total. The second-order valence-electron chi connectivity index (χ2n) is 3.68. The maximum Gasteiger partial charge on any atom is 0.213 e. The lowest BCUT2D eigenvalue weighted by atomic mass is 10.2. The van der Waals surface area contributed by atoms with Crippen LogP contribution in [0.25, 0.3) is 0 Å². The predicted octanol–water partition coefficient (Wildman–Crippen LogP) is 0.608. The maximum atomic E-state index is 8.57. The molecule has 0 spiro atoms. The van der Waals surface area contributed by atoms with Crippen LogP contribution in [0.15, 0.2) is 23.5 Å². The molecule has 0 aromatic carbocycles. The Balaban J connectivity index is 2.26. The van der Waals surface area contributed by atoms with Crippen molar-refractivity contribution in [3.8, 4) is 5.88 Å². The fourth-order valence-corrected chi connectivity index (χ4v) is 1.29. The van der Waals surface area contributed by atoms with E-state index in [4.69, 9.17) is 25.2 Å². The van der Waals surface area contributed by atoms with Gasteiger partial charge < -0.3 is 25.2 Å². The van der Waals surface area contributed by atoms with Gasteiger partial charge >= 0.3 is 0 Å². The molecule has 0 saturated heterocycles. The third-order valence-corrected chi connectivity index (χ3v) is 2.25. The first-order chi connectivity index (χ1) is 9.27. The van der Waals surface area contributed by atoms with E-state index in [0.717, 1.165) is 6.42 Å². The number of aromatic nitrogens is 1. The van der Waals surface area contributed by atoms with Crippen LogP contribution in [0.4, 0.5) is 0 Å². The Hall–Kier alpha value is -1.86. The number of hydrogen-bond acceptors (Lipinski definition) is 6. The minimum absolute atomic E-state index is 0.0233. The van der Waals surface area contributed by atoms with E-state index in [9.17, 15) is 0 Å². The summed E-state index contributed by atoms with van der Waals surface area (Å²) >= 11 is 0. The Labute approximate surface area is 112 Å². The van der Waals surface area contributed by atoms with E-state index in [-0.39, 0.29) is 5.84 Å². The van der Waals surface area contributed by atoms with Gasteiger partial charge in [-0.05, 0) is 6.07 Å². The average Bonchev–Trinajstić information content (AvgIpc) is 2.46. The lowest BCUT2D eigenvalue weighted by molar-refractivity contribution is 0.0642. The zero-order chi connectivity index (χ0) is 13.9. The van der Waals surface area contributed by atoms with Crippen molar-refractivity contribution in [3.05, 3.63) is 23.9 Å². The summed E-state index contributed by atoms with van der Waals surface area (Å²) in [5, 5.41) is 11.5. The van der Waals surface area contributed by atoms with Gasteiger partial charge in [0, 0.05) is 38.0 Å². The first-order valence-corrected chi connectivity index (χ1v) is 5.91. The third-order valence-electron chi connectivity index (χ3n) is 2.25. The van der Waals surface area contributed by atoms with Crippen molar-refractivity contribution < 1.29 is 19.4 Å². The van der Waals surface area contributed by atoms with Crippen molar-refractivity contribution in [3.63, 3.8) is 0 Å². The molecule has 0 saturated carbocycles. The largest absolute Gasteiger partial charge is 0.478 e. The first kappa shape index (κ1) is 15.2. The van der Waals surface area contributed by atoms with Crippen LogP contribution in [-0.2, 0) is 9.47 Å². The van der Waals surface area contributed by atoms with E-state index in [1.807, 2.05) is 0 Å². The number of oxime groups is 1. The van der Waals surface area contributed by atoms with Gasteiger partial charge in [-0.25, -0.2) is 4.98 Å². The van der Waals surface area contributed by atoms with Crippen molar-refractivity contribution in [1.82, 2.24) is 4.98 Å². The molecule has 7 heteroatoms. The second kappa shape index (κ2) is 9.12.